The van der Waals surface area contributed by atoms with E-state index in [4.69, 9.17) is 4.74 Å². The van der Waals surface area contributed by atoms with Gasteiger partial charge in [-0.25, -0.2) is 13.8 Å². The first kappa shape index (κ1) is 12.1. The number of halogens is 2. The van der Waals surface area contributed by atoms with Crippen molar-refractivity contribution in [3.63, 3.8) is 0 Å². The zero-order valence-corrected chi connectivity index (χ0v) is 9.75. The molecule has 0 aromatic carbocycles. The average Bonchev–Trinajstić information content (AvgIpc) is 2.64. The first-order valence-corrected chi connectivity index (χ1v) is 6.21. The van der Waals surface area contributed by atoms with E-state index in [2.05, 4.69) is 4.99 Å². The van der Waals surface area contributed by atoms with Gasteiger partial charge in [-0.15, -0.1) is 0 Å². The predicted molar refractivity (Wildman–Crippen MR) is 58.4 cm³/mol. The van der Waals surface area contributed by atoms with Gasteiger partial charge in [0.1, 0.15) is 18.2 Å². The number of likely N-dealkylation sites (tertiary alicyclic amines) is 1. The summed E-state index contributed by atoms with van der Waals surface area (Å²) < 4.78 is 31.1. The zero-order chi connectivity index (χ0) is 12.9. The number of fused-ring (bicyclic) bond motifs is 1. The van der Waals surface area contributed by atoms with Crippen LogP contribution in [-0.2, 0) is 4.74 Å². The van der Waals surface area contributed by atoms with Crippen molar-refractivity contribution in [2.75, 3.05) is 13.1 Å². The molecule has 1 saturated carbocycles. The molecule has 1 aliphatic carbocycles. The standard InChI is InChI=1S/C11H16F2N2O3/c12-10(13)5-4-6-7(9(17)8(5)16)14-11(18-6)15-2-1-3-15/h5-10,16-17H,1-4H2/t5-,6-,7-,8-,9-/m0/s1. The van der Waals surface area contributed by atoms with Crippen molar-refractivity contribution in [3.8, 4) is 0 Å². The van der Waals surface area contributed by atoms with Crippen LogP contribution in [0.1, 0.15) is 12.8 Å². The molecule has 2 heterocycles. The molecule has 7 heteroatoms. The number of ether oxygens (including phenoxy) is 1. The Hall–Kier alpha value is -0.950. The van der Waals surface area contributed by atoms with Crippen LogP contribution in [0.4, 0.5) is 8.78 Å². The predicted octanol–water partition coefficient (Wildman–Crippen LogP) is -0.178. The maximum absolute atomic E-state index is 12.8. The number of aliphatic hydroxyl groups is 2. The van der Waals surface area contributed by atoms with Gasteiger partial charge in [0.25, 0.3) is 6.02 Å². The van der Waals surface area contributed by atoms with Crippen LogP contribution in [0.25, 0.3) is 0 Å². The number of hydrogen-bond donors (Lipinski definition) is 2. The van der Waals surface area contributed by atoms with Crippen molar-refractivity contribution < 1.29 is 23.7 Å². The van der Waals surface area contributed by atoms with Crippen LogP contribution in [0.2, 0.25) is 0 Å². The number of aliphatic imine (C=N–C) groups is 1. The molecule has 0 bridgehead atoms. The molecular formula is C11H16F2N2O3. The average molecular weight is 262 g/mol. The smallest absolute Gasteiger partial charge is 0.288 e. The first-order valence-electron chi connectivity index (χ1n) is 6.21. The van der Waals surface area contributed by atoms with E-state index in [9.17, 15) is 19.0 Å². The van der Waals surface area contributed by atoms with Gasteiger partial charge in [0.05, 0.1) is 12.0 Å². The molecule has 3 aliphatic rings. The second-order valence-electron chi connectivity index (χ2n) is 5.11. The molecule has 5 nitrogen and oxygen atoms in total. The molecule has 0 spiro atoms. The summed E-state index contributed by atoms with van der Waals surface area (Å²) in [5.41, 5.74) is 0. The Morgan fingerprint density at radius 2 is 2.00 bits per heavy atom. The minimum atomic E-state index is -2.66. The van der Waals surface area contributed by atoms with Crippen LogP contribution in [0.5, 0.6) is 0 Å². The van der Waals surface area contributed by atoms with Crippen molar-refractivity contribution in [2.24, 2.45) is 10.9 Å². The number of rotatable bonds is 1. The molecule has 2 N–H and O–H groups in total. The van der Waals surface area contributed by atoms with Crippen LogP contribution in [0.15, 0.2) is 4.99 Å². The van der Waals surface area contributed by atoms with E-state index >= 15 is 0 Å². The molecule has 1 saturated heterocycles. The lowest BCUT2D eigenvalue weighted by molar-refractivity contribution is -0.124. The SMILES string of the molecule is O[C@@H]1[C@@H](O)[C@@H](C(F)F)C[C@@H]2OC(N3CCC3)=N[C@H]12. The number of amidine groups is 1. The third kappa shape index (κ3) is 1.76. The molecule has 0 aromatic rings. The first-order chi connectivity index (χ1) is 8.58. The lowest BCUT2D eigenvalue weighted by Gasteiger charge is -2.37. The van der Waals surface area contributed by atoms with Gasteiger partial charge in [0.15, 0.2) is 0 Å². The highest BCUT2D eigenvalue weighted by Gasteiger charge is 2.51. The molecule has 3 rings (SSSR count). The van der Waals surface area contributed by atoms with E-state index in [1.54, 1.807) is 0 Å². The van der Waals surface area contributed by atoms with Crippen molar-refractivity contribution in [1.82, 2.24) is 4.90 Å². The number of hydrogen-bond acceptors (Lipinski definition) is 5. The summed E-state index contributed by atoms with van der Waals surface area (Å²) >= 11 is 0. The van der Waals surface area contributed by atoms with Gasteiger partial charge >= 0.3 is 0 Å². The van der Waals surface area contributed by atoms with Crippen molar-refractivity contribution in [2.45, 2.75) is 43.6 Å². The summed E-state index contributed by atoms with van der Waals surface area (Å²) in [4.78, 5) is 6.13. The van der Waals surface area contributed by atoms with Crippen LogP contribution in [0, 0.1) is 5.92 Å². The molecule has 0 unspecified atom stereocenters. The fourth-order valence-corrected chi connectivity index (χ4v) is 2.71. The summed E-state index contributed by atoms with van der Waals surface area (Å²) in [6.07, 6.45) is -4.83. The molecule has 18 heavy (non-hydrogen) atoms. The fraction of sp³-hybridized carbons (Fsp3) is 0.909. The maximum atomic E-state index is 12.8. The molecule has 5 atom stereocenters. The van der Waals surface area contributed by atoms with Crippen molar-refractivity contribution >= 4 is 6.02 Å². The minimum Gasteiger partial charge on any atom is -0.459 e. The Morgan fingerprint density at radius 1 is 1.28 bits per heavy atom. The third-order valence-corrected chi connectivity index (χ3v) is 3.99. The molecule has 0 aromatic heterocycles. The molecule has 0 radical (unpaired) electrons. The largest absolute Gasteiger partial charge is 0.459 e. The second kappa shape index (κ2) is 4.31. The second-order valence-corrected chi connectivity index (χ2v) is 5.11. The van der Waals surface area contributed by atoms with E-state index in [0.29, 0.717) is 6.02 Å². The van der Waals surface area contributed by atoms with Gasteiger partial charge in [0, 0.05) is 13.1 Å². The lowest BCUT2D eigenvalue weighted by Crippen LogP contribution is -2.53. The topological polar surface area (TPSA) is 65.3 Å². The Bertz CT molecular complexity index is 362. The lowest BCUT2D eigenvalue weighted by atomic mass is 9.80. The highest BCUT2D eigenvalue weighted by atomic mass is 19.3. The third-order valence-electron chi connectivity index (χ3n) is 3.99. The molecule has 102 valence electrons. The highest BCUT2D eigenvalue weighted by Crippen LogP contribution is 2.36. The van der Waals surface area contributed by atoms with Crippen molar-refractivity contribution in [1.29, 1.82) is 0 Å². The Morgan fingerprint density at radius 3 is 2.56 bits per heavy atom. The molecule has 2 aliphatic heterocycles. The zero-order valence-electron chi connectivity index (χ0n) is 9.75. The summed E-state index contributed by atoms with van der Waals surface area (Å²) in [6.45, 7) is 1.68. The van der Waals surface area contributed by atoms with Gasteiger partial charge in [-0.1, -0.05) is 0 Å². The molecule has 0 amide bonds. The van der Waals surface area contributed by atoms with E-state index in [-0.39, 0.29) is 6.42 Å². The monoisotopic (exact) mass is 262 g/mol. The van der Waals surface area contributed by atoms with Crippen LogP contribution >= 0.6 is 0 Å². The van der Waals surface area contributed by atoms with Crippen molar-refractivity contribution in [3.05, 3.63) is 0 Å². The molecular weight excluding hydrogens is 246 g/mol. The van der Waals surface area contributed by atoms with Gasteiger partial charge in [-0.2, -0.15) is 0 Å². The van der Waals surface area contributed by atoms with Gasteiger partial charge in [0.2, 0.25) is 6.43 Å². The van der Waals surface area contributed by atoms with Crippen LogP contribution < -0.4 is 0 Å². The van der Waals surface area contributed by atoms with E-state index in [0.717, 1.165) is 19.5 Å². The van der Waals surface area contributed by atoms with Crippen LogP contribution in [-0.4, -0.2) is 65.0 Å². The maximum Gasteiger partial charge on any atom is 0.288 e. The summed E-state index contributed by atoms with van der Waals surface area (Å²) in [7, 11) is 0. The summed E-state index contributed by atoms with van der Waals surface area (Å²) in [6, 6.07) is -0.192. The minimum absolute atomic E-state index is 0.0292. The van der Waals surface area contributed by atoms with Crippen LogP contribution in [0.3, 0.4) is 0 Å². The van der Waals surface area contributed by atoms with Gasteiger partial charge < -0.3 is 19.8 Å². The number of aliphatic hydroxyl groups excluding tert-OH is 2. The number of nitrogens with zero attached hydrogens (tertiary/aromatic N) is 2. The normalized spacial score (nSPS) is 43.3. The van der Waals surface area contributed by atoms with E-state index in [1.807, 2.05) is 4.90 Å². The number of alkyl halides is 2. The Kier molecular flexibility index (Phi) is 2.90. The van der Waals surface area contributed by atoms with E-state index in [1.165, 1.54) is 0 Å². The quantitative estimate of drug-likeness (QED) is 0.688. The van der Waals surface area contributed by atoms with E-state index < -0.39 is 36.7 Å². The van der Waals surface area contributed by atoms with Gasteiger partial charge in [-0.05, 0) is 12.8 Å². The summed E-state index contributed by atoms with van der Waals surface area (Å²) in [5, 5.41) is 19.6. The Balaban J connectivity index is 1.75. The highest BCUT2D eigenvalue weighted by molar-refractivity contribution is 5.76. The van der Waals surface area contributed by atoms with Gasteiger partial charge in [-0.3, -0.25) is 0 Å². The fourth-order valence-electron chi connectivity index (χ4n) is 2.71. The molecule has 2 fully saturated rings. The summed E-state index contributed by atoms with van der Waals surface area (Å²) in [5.74, 6) is -1.24. The Labute approximate surface area is 103 Å².